The molecule has 0 spiro atoms. The maximum Gasteiger partial charge on any atom is 0.254 e. The van der Waals surface area contributed by atoms with Gasteiger partial charge in [0.1, 0.15) is 0 Å². The fourth-order valence-electron chi connectivity index (χ4n) is 6.59. The van der Waals surface area contributed by atoms with Gasteiger partial charge in [0.2, 0.25) is 5.91 Å². The molecule has 4 heterocycles. The van der Waals surface area contributed by atoms with E-state index >= 15 is 0 Å². The maximum absolute atomic E-state index is 13.3. The summed E-state index contributed by atoms with van der Waals surface area (Å²) >= 11 is 1.80. The predicted molar refractivity (Wildman–Crippen MR) is 129 cm³/mol. The van der Waals surface area contributed by atoms with Crippen LogP contribution in [0.25, 0.3) is 0 Å². The van der Waals surface area contributed by atoms with Crippen molar-refractivity contribution in [2.45, 2.75) is 82.6 Å². The fraction of sp³-hybridized carbons (Fsp3) is 0.769. The van der Waals surface area contributed by atoms with Gasteiger partial charge in [-0.25, -0.2) is 0 Å². The van der Waals surface area contributed by atoms with Crippen molar-refractivity contribution in [3.05, 3.63) is 21.9 Å². The third kappa shape index (κ3) is 4.91. The van der Waals surface area contributed by atoms with Crippen LogP contribution in [0.4, 0.5) is 0 Å². The molecule has 1 aromatic rings. The number of nitrogens with zero attached hydrogens (tertiary/aromatic N) is 3. The van der Waals surface area contributed by atoms with Gasteiger partial charge in [-0.15, -0.1) is 11.3 Å². The molecule has 176 valence electrons. The predicted octanol–water partition coefficient (Wildman–Crippen LogP) is 4.73. The van der Waals surface area contributed by atoms with Crippen molar-refractivity contribution in [2.75, 3.05) is 39.3 Å². The Hall–Kier alpha value is -1.40. The highest BCUT2D eigenvalue weighted by atomic mass is 32.1. The first-order valence-electron chi connectivity index (χ1n) is 13.1. The molecule has 5 rings (SSSR count). The molecule has 3 saturated heterocycles. The van der Waals surface area contributed by atoms with Crippen LogP contribution in [0.15, 0.2) is 11.4 Å². The standard InChI is InChI=1S/C26H39N3O2S/c30-25-9-4-13-28(25)14-5-12-27-16-10-21(11-17-27)24-18-22(19-32-24)26(31)29-15-3-7-20-6-1-2-8-23(20)29/h18-21,23H,1-17H2. The Balaban J connectivity index is 1.10. The van der Waals surface area contributed by atoms with Crippen LogP contribution in [0.5, 0.6) is 0 Å². The number of hydrogen-bond donors (Lipinski definition) is 0. The van der Waals surface area contributed by atoms with Crippen molar-refractivity contribution in [2.24, 2.45) is 5.92 Å². The molecule has 0 bridgehead atoms. The molecule has 3 aliphatic heterocycles. The zero-order valence-electron chi connectivity index (χ0n) is 19.5. The number of likely N-dealkylation sites (tertiary alicyclic amines) is 3. The van der Waals surface area contributed by atoms with Crippen LogP contribution in [0.3, 0.4) is 0 Å². The van der Waals surface area contributed by atoms with E-state index in [9.17, 15) is 9.59 Å². The summed E-state index contributed by atoms with van der Waals surface area (Å²) in [5.41, 5.74) is 0.939. The number of carbonyl (C=O) groups excluding carboxylic acids is 2. The normalized spacial score (nSPS) is 27.7. The number of rotatable bonds is 6. The SMILES string of the molecule is O=C1CCCN1CCCN1CCC(c2cc(C(=O)N3CCCC4CCCCC43)cs2)CC1. The van der Waals surface area contributed by atoms with Crippen molar-refractivity contribution in [1.82, 2.24) is 14.7 Å². The molecule has 2 unspecified atom stereocenters. The topological polar surface area (TPSA) is 43.9 Å². The van der Waals surface area contributed by atoms with E-state index in [4.69, 9.17) is 0 Å². The van der Waals surface area contributed by atoms with Crippen LogP contribution in [-0.2, 0) is 4.79 Å². The molecular weight excluding hydrogens is 418 g/mol. The number of hydrogen-bond acceptors (Lipinski definition) is 4. The van der Waals surface area contributed by atoms with E-state index in [1.54, 1.807) is 11.3 Å². The van der Waals surface area contributed by atoms with Crippen molar-refractivity contribution >= 4 is 23.2 Å². The minimum atomic E-state index is 0.290. The first kappa shape index (κ1) is 22.4. The Morgan fingerprint density at radius 2 is 1.75 bits per heavy atom. The lowest BCUT2D eigenvalue weighted by molar-refractivity contribution is -0.127. The molecule has 32 heavy (non-hydrogen) atoms. The first-order chi connectivity index (χ1) is 15.7. The van der Waals surface area contributed by atoms with E-state index in [2.05, 4.69) is 21.2 Å². The molecule has 1 aromatic heterocycles. The fourth-order valence-corrected chi connectivity index (χ4v) is 7.64. The second-order valence-electron chi connectivity index (χ2n) is 10.4. The molecule has 4 fully saturated rings. The summed E-state index contributed by atoms with van der Waals surface area (Å²) in [5, 5.41) is 2.13. The average Bonchev–Trinajstić information content (AvgIpc) is 3.48. The molecule has 1 aliphatic carbocycles. The molecule has 0 radical (unpaired) electrons. The summed E-state index contributed by atoms with van der Waals surface area (Å²) in [6.07, 6.45) is 12.9. The number of piperidine rings is 2. The van der Waals surface area contributed by atoms with E-state index in [0.29, 0.717) is 17.9 Å². The third-order valence-corrected chi connectivity index (χ3v) is 9.53. The monoisotopic (exact) mass is 457 g/mol. The van der Waals surface area contributed by atoms with Crippen molar-refractivity contribution in [1.29, 1.82) is 0 Å². The van der Waals surface area contributed by atoms with Gasteiger partial charge in [-0.2, -0.15) is 0 Å². The van der Waals surface area contributed by atoms with Crippen LogP contribution in [0, 0.1) is 5.92 Å². The van der Waals surface area contributed by atoms with E-state index in [1.165, 1.54) is 56.2 Å². The highest BCUT2D eigenvalue weighted by Gasteiger charge is 2.36. The second kappa shape index (κ2) is 10.3. The van der Waals surface area contributed by atoms with Crippen LogP contribution >= 0.6 is 11.3 Å². The summed E-state index contributed by atoms with van der Waals surface area (Å²) < 4.78 is 0. The second-order valence-corrected chi connectivity index (χ2v) is 11.4. The Morgan fingerprint density at radius 3 is 2.56 bits per heavy atom. The average molecular weight is 458 g/mol. The molecule has 6 heteroatoms. The van der Waals surface area contributed by atoms with E-state index in [0.717, 1.165) is 70.0 Å². The van der Waals surface area contributed by atoms with Crippen LogP contribution < -0.4 is 0 Å². The first-order valence-corrected chi connectivity index (χ1v) is 14.0. The Bertz CT molecular complexity index is 799. The smallest absolute Gasteiger partial charge is 0.254 e. The quantitative estimate of drug-likeness (QED) is 0.620. The number of carbonyl (C=O) groups is 2. The molecule has 5 nitrogen and oxygen atoms in total. The Kier molecular flexibility index (Phi) is 7.17. The van der Waals surface area contributed by atoms with Gasteiger partial charge in [0.05, 0.1) is 5.56 Å². The summed E-state index contributed by atoms with van der Waals surface area (Å²) in [7, 11) is 0. The van der Waals surface area contributed by atoms with E-state index in [-0.39, 0.29) is 5.91 Å². The number of amides is 2. The van der Waals surface area contributed by atoms with Crippen molar-refractivity contribution in [3.63, 3.8) is 0 Å². The number of fused-ring (bicyclic) bond motifs is 1. The highest BCUT2D eigenvalue weighted by molar-refractivity contribution is 7.10. The summed E-state index contributed by atoms with van der Waals surface area (Å²) in [6, 6.07) is 2.71. The van der Waals surface area contributed by atoms with Gasteiger partial charge in [-0.3, -0.25) is 9.59 Å². The van der Waals surface area contributed by atoms with Gasteiger partial charge >= 0.3 is 0 Å². The minimum Gasteiger partial charge on any atom is -0.343 e. The molecule has 0 aromatic carbocycles. The Morgan fingerprint density at radius 1 is 0.938 bits per heavy atom. The van der Waals surface area contributed by atoms with Crippen molar-refractivity contribution in [3.8, 4) is 0 Å². The molecular formula is C26H39N3O2S. The Labute approximate surface area is 197 Å². The zero-order valence-corrected chi connectivity index (χ0v) is 20.3. The largest absolute Gasteiger partial charge is 0.343 e. The summed E-state index contributed by atoms with van der Waals surface area (Å²) in [6.45, 7) is 6.20. The van der Waals surface area contributed by atoms with Gasteiger partial charge in [0.25, 0.3) is 5.91 Å². The lowest BCUT2D eigenvalue weighted by atomic mass is 9.78. The summed E-state index contributed by atoms with van der Waals surface area (Å²) in [4.78, 5) is 33.4. The van der Waals surface area contributed by atoms with Crippen LogP contribution in [0.1, 0.15) is 91.8 Å². The van der Waals surface area contributed by atoms with Gasteiger partial charge < -0.3 is 14.7 Å². The van der Waals surface area contributed by atoms with Gasteiger partial charge in [0, 0.05) is 42.4 Å². The van der Waals surface area contributed by atoms with Gasteiger partial charge in [-0.05, 0) is 88.9 Å². The molecule has 2 amide bonds. The molecule has 4 aliphatic rings. The summed E-state index contributed by atoms with van der Waals surface area (Å²) in [5.74, 6) is 1.97. The van der Waals surface area contributed by atoms with Crippen LogP contribution in [-0.4, -0.2) is 71.8 Å². The zero-order chi connectivity index (χ0) is 21.9. The number of thiophene rings is 1. The molecule has 0 N–H and O–H groups in total. The third-order valence-electron chi connectivity index (χ3n) is 8.43. The van der Waals surface area contributed by atoms with E-state index in [1.807, 2.05) is 4.90 Å². The van der Waals surface area contributed by atoms with Crippen molar-refractivity contribution < 1.29 is 9.59 Å². The van der Waals surface area contributed by atoms with Gasteiger partial charge in [-0.1, -0.05) is 12.8 Å². The van der Waals surface area contributed by atoms with Gasteiger partial charge in [0.15, 0.2) is 0 Å². The minimum absolute atomic E-state index is 0.290. The van der Waals surface area contributed by atoms with Crippen LogP contribution in [0.2, 0.25) is 0 Å². The molecule has 2 atom stereocenters. The lowest BCUT2D eigenvalue weighted by Gasteiger charge is -2.44. The van der Waals surface area contributed by atoms with E-state index < -0.39 is 0 Å². The maximum atomic E-state index is 13.3. The lowest BCUT2D eigenvalue weighted by Crippen LogP contribution is -2.49. The molecule has 1 saturated carbocycles. The highest BCUT2D eigenvalue weighted by Crippen LogP contribution is 2.37.